The predicted molar refractivity (Wildman–Crippen MR) is 180 cm³/mol. The minimum atomic E-state index is -0.279. The molecule has 1 amide bonds. The molecule has 3 heterocycles. The summed E-state index contributed by atoms with van der Waals surface area (Å²) in [6.45, 7) is 17.1. The second kappa shape index (κ2) is 16.0. The van der Waals surface area contributed by atoms with Gasteiger partial charge >= 0.3 is 0 Å². The van der Waals surface area contributed by atoms with E-state index in [2.05, 4.69) is 74.6 Å². The van der Waals surface area contributed by atoms with Crippen molar-refractivity contribution >= 4 is 34.1 Å². The lowest BCUT2D eigenvalue weighted by Crippen LogP contribution is -2.48. The number of aromatic nitrogens is 2. The number of likely N-dealkylation sites (tertiary alicyclic amines) is 1. The normalized spacial score (nSPS) is 15.3. The number of carbonyl (C=O) groups excluding carboxylic acids is 2. The average Bonchev–Trinajstić information content (AvgIpc) is 3.64. The lowest BCUT2D eigenvalue weighted by molar-refractivity contribution is -0.137. The maximum Gasteiger partial charge on any atom is 0.226 e. The first-order valence-electron chi connectivity index (χ1n) is 16.9. The highest BCUT2D eigenvalue weighted by molar-refractivity contribution is 7.09. The minimum absolute atomic E-state index is 0.0461. The number of hydrogen-bond donors (Lipinski definition) is 0. The summed E-state index contributed by atoms with van der Waals surface area (Å²) in [5.74, 6) is 1.34. The molecule has 1 saturated heterocycles. The van der Waals surface area contributed by atoms with Crippen LogP contribution in [0.4, 0.5) is 0 Å². The highest BCUT2D eigenvalue weighted by Gasteiger charge is 2.32. The Hall–Kier alpha value is -2.51. The van der Waals surface area contributed by atoms with E-state index in [9.17, 15) is 9.59 Å². The molecule has 0 radical (unpaired) electrons. The number of benzene rings is 1. The van der Waals surface area contributed by atoms with Crippen molar-refractivity contribution in [1.82, 2.24) is 19.4 Å². The average molecular weight is 607 g/mol. The molecule has 2 aromatic heterocycles. The molecule has 0 unspecified atom stereocenters. The van der Waals surface area contributed by atoms with Crippen molar-refractivity contribution in [3.8, 4) is 0 Å². The van der Waals surface area contributed by atoms with Gasteiger partial charge < -0.3 is 14.4 Å². The van der Waals surface area contributed by atoms with Gasteiger partial charge in [0.2, 0.25) is 5.91 Å². The first-order valence-corrected chi connectivity index (χ1v) is 17.8. The summed E-state index contributed by atoms with van der Waals surface area (Å²) in [4.78, 5) is 38.6. The van der Waals surface area contributed by atoms with Crippen LogP contribution in [0.3, 0.4) is 0 Å². The molecule has 236 valence electrons. The van der Waals surface area contributed by atoms with Gasteiger partial charge in [0.15, 0.2) is 5.78 Å². The Morgan fingerprint density at radius 1 is 1.02 bits per heavy atom. The monoisotopic (exact) mass is 606 g/mol. The van der Waals surface area contributed by atoms with E-state index in [4.69, 9.17) is 4.98 Å². The SMILES string of the molecule is CCCN(CCC)C1CCN(C(=O)[C@@H](CC(=O)c2ccc3c(c2)nc(Cc2cccs2)n3C(CC)CC)CC(C)C)CC1. The fourth-order valence-corrected chi connectivity index (χ4v) is 7.72. The van der Waals surface area contributed by atoms with Crippen LogP contribution < -0.4 is 0 Å². The van der Waals surface area contributed by atoms with Gasteiger partial charge in [0, 0.05) is 54.4 Å². The minimum Gasteiger partial charge on any atom is -0.342 e. The van der Waals surface area contributed by atoms with Crippen molar-refractivity contribution in [2.75, 3.05) is 26.2 Å². The zero-order valence-electron chi connectivity index (χ0n) is 27.5. The Kier molecular flexibility index (Phi) is 12.4. The number of fused-ring (bicyclic) bond motifs is 1. The Morgan fingerprint density at radius 3 is 2.30 bits per heavy atom. The lowest BCUT2D eigenvalue weighted by atomic mass is 9.88. The highest BCUT2D eigenvalue weighted by Crippen LogP contribution is 2.30. The van der Waals surface area contributed by atoms with E-state index in [-0.39, 0.29) is 24.0 Å². The summed E-state index contributed by atoms with van der Waals surface area (Å²) >= 11 is 1.76. The molecular formula is C36H54N4O2S. The molecule has 4 rings (SSSR count). The van der Waals surface area contributed by atoms with Crippen LogP contribution in [0.2, 0.25) is 0 Å². The van der Waals surface area contributed by atoms with Crippen LogP contribution in [0, 0.1) is 11.8 Å². The van der Waals surface area contributed by atoms with Crippen LogP contribution in [0.15, 0.2) is 35.7 Å². The van der Waals surface area contributed by atoms with Crippen LogP contribution in [0.5, 0.6) is 0 Å². The standard InChI is InChI=1S/C36H54N4O2S/c1-7-17-38(18-8-2)30-15-19-39(20-16-30)36(42)28(22-26(5)6)24-34(41)27-13-14-33-32(23-27)37-35(25-31-12-11-21-43-31)40(33)29(9-3)10-4/h11-14,21,23,26,28-30H,7-10,15-20,22,24-25H2,1-6H3/t28-/m1/s1. The topological polar surface area (TPSA) is 58.4 Å². The molecule has 0 N–H and O–H groups in total. The molecule has 1 aliphatic rings. The van der Waals surface area contributed by atoms with E-state index >= 15 is 0 Å². The number of hydrogen-bond acceptors (Lipinski definition) is 5. The predicted octanol–water partition coefficient (Wildman–Crippen LogP) is 8.40. The Bertz CT molecular complexity index is 1300. The molecule has 1 atom stereocenters. The molecule has 0 spiro atoms. The Labute approximate surface area is 263 Å². The van der Waals surface area contributed by atoms with Gasteiger partial charge in [-0.2, -0.15) is 0 Å². The number of piperidine rings is 1. The van der Waals surface area contributed by atoms with Gasteiger partial charge in [0.25, 0.3) is 0 Å². The highest BCUT2D eigenvalue weighted by atomic mass is 32.1. The third-order valence-corrected chi connectivity index (χ3v) is 10.0. The van der Waals surface area contributed by atoms with E-state index < -0.39 is 0 Å². The first kappa shape index (κ1) is 33.4. The van der Waals surface area contributed by atoms with Gasteiger partial charge in [-0.3, -0.25) is 9.59 Å². The molecule has 1 fully saturated rings. The third-order valence-electron chi connectivity index (χ3n) is 9.16. The molecule has 0 bridgehead atoms. The number of ketones is 1. The van der Waals surface area contributed by atoms with E-state index in [0.717, 1.165) is 94.4 Å². The van der Waals surface area contributed by atoms with Gasteiger partial charge in [0.1, 0.15) is 5.82 Å². The van der Waals surface area contributed by atoms with Crippen LogP contribution >= 0.6 is 11.3 Å². The van der Waals surface area contributed by atoms with Crippen LogP contribution in [0.1, 0.15) is 120 Å². The van der Waals surface area contributed by atoms with E-state index in [1.165, 1.54) is 4.88 Å². The van der Waals surface area contributed by atoms with E-state index in [1.807, 2.05) is 17.0 Å². The maximum atomic E-state index is 13.8. The van der Waals surface area contributed by atoms with E-state index in [1.54, 1.807) is 11.3 Å². The third kappa shape index (κ3) is 8.36. The molecule has 6 nitrogen and oxygen atoms in total. The van der Waals surface area contributed by atoms with Crippen molar-refractivity contribution in [1.29, 1.82) is 0 Å². The van der Waals surface area contributed by atoms with E-state index in [0.29, 0.717) is 23.6 Å². The summed E-state index contributed by atoms with van der Waals surface area (Å²) in [5.41, 5.74) is 2.64. The molecule has 43 heavy (non-hydrogen) atoms. The summed E-state index contributed by atoms with van der Waals surface area (Å²) in [6.07, 6.45) is 8.23. The summed E-state index contributed by atoms with van der Waals surface area (Å²) in [7, 11) is 0. The number of thiophene rings is 1. The number of rotatable bonds is 16. The zero-order chi connectivity index (χ0) is 30.9. The van der Waals surface area contributed by atoms with Crippen LogP contribution in [-0.4, -0.2) is 63.3 Å². The molecule has 0 aliphatic carbocycles. The molecule has 1 aromatic carbocycles. The fourth-order valence-electron chi connectivity index (χ4n) is 7.02. The molecule has 7 heteroatoms. The van der Waals surface area contributed by atoms with Crippen molar-refractivity contribution in [3.05, 3.63) is 52.0 Å². The lowest BCUT2D eigenvalue weighted by Gasteiger charge is -2.39. The molecule has 3 aromatic rings. The molecule has 0 saturated carbocycles. The van der Waals surface area contributed by atoms with Crippen molar-refractivity contribution in [2.24, 2.45) is 11.8 Å². The second-order valence-corrected chi connectivity index (χ2v) is 13.9. The van der Waals surface area contributed by atoms with Gasteiger partial charge in [-0.25, -0.2) is 4.98 Å². The number of carbonyl (C=O) groups is 2. The summed E-state index contributed by atoms with van der Waals surface area (Å²) in [6, 6.07) is 11.2. The van der Waals surface area contributed by atoms with Gasteiger partial charge in [-0.15, -0.1) is 11.3 Å². The fraction of sp³-hybridized carbons (Fsp3) is 0.639. The van der Waals surface area contributed by atoms with Crippen LogP contribution in [-0.2, 0) is 11.2 Å². The molecular weight excluding hydrogens is 552 g/mol. The number of nitrogens with zero attached hydrogens (tertiary/aromatic N) is 4. The quantitative estimate of drug-likeness (QED) is 0.154. The largest absolute Gasteiger partial charge is 0.342 e. The van der Waals surface area contributed by atoms with Crippen molar-refractivity contribution in [3.63, 3.8) is 0 Å². The van der Waals surface area contributed by atoms with Crippen molar-refractivity contribution < 1.29 is 9.59 Å². The number of imidazole rings is 1. The smallest absolute Gasteiger partial charge is 0.226 e. The first-order chi connectivity index (χ1) is 20.8. The number of Topliss-reactive ketones (excluding diaryl/α,β-unsaturated/α-hetero) is 1. The van der Waals surface area contributed by atoms with Gasteiger partial charge in [-0.1, -0.05) is 47.6 Å². The van der Waals surface area contributed by atoms with Crippen molar-refractivity contribution in [2.45, 2.75) is 111 Å². The maximum absolute atomic E-state index is 13.8. The van der Waals surface area contributed by atoms with Gasteiger partial charge in [0.05, 0.1) is 11.0 Å². The summed E-state index contributed by atoms with van der Waals surface area (Å²) in [5, 5.41) is 2.11. The Balaban J connectivity index is 1.50. The number of amides is 1. The molecule has 1 aliphatic heterocycles. The van der Waals surface area contributed by atoms with Gasteiger partial charge in [-0.05, 0) is 93.6 Å². The second-order valence-electron chi connectivity index (χ2n) is 12.9. The Morgan fingerprint density at radius 2 is 1.72 bits per heavy atom. The van der Waals surface area contributed by atoms with Crippen LogP contribution in [0.25, 0.3) is 11.0 Å². The summed E-state index contributed by atoms with van der Waals surface area (Å²) < 4.78 is 2.39. The zero-order valence-corrected chi connectivity index (χ0v) is 28.3.